The molecule has 4 heteroatoms. The second kappa shape index (κ2) is 4.85. The molecule has 4 aliphatic rings. The van der Waals surface area contributed by atoms with E-state index >= 15 is 0 Å². The molecule has 0 bridgehead atoms. The fourth-order valence-corrected chi connectivity index (χ4v) is 7.79. The third-order valence-corrected chi connectivity index (χ3v) is 8.09. The van der Waals surface area contributed by atoms with E-state index in [1.165, 1.54) is 7.11 Å². The maximum Gasteiger partial charge on any atom is 0.205 e. The Morgan fingerprint density at radius 3 is 2.40 bits per heavy atom. The van der Waals surface area contributed by atoms with Crippen LogP contribution < -0.4 is 0 Å². The van der Waals surface area contributed by atoms with Crippen molar-refractivity contribution in [3.63, 3.8) is 0 Å². The predicted octanol–water partition coefficient (Wildman–Crippen LogP) is 2.91. The highest BCUT2D eigenvalue weighted by Crippen LogP contribution is 2.83. The summed E-state index contributed by atoms with van der Waals surface area (Å²) < 4.78 is 5.42. The van der Waals surface area contributed by atoms with Crippen LogP contribution in [0.5, 0.6) is 0 Å². The first-order chi connectivity index (χ1) is 11.7. The van der Waals surface area contributed by atoms with Crippen LogP contribution >= 0.6 is 0 Å². The number of methoxy groups -OCH3 is 1. The first-order valence-electron chi connectivity index (χ1n) is 9.36. The van der Waals surface area contributed by atoms with E-state index in [9.17, 15) is 14.7 Å². The predicted molar refractivity (Wildman–Crippen MR) is 93.4 cm³/mol. The molecule has 4 rings (SSSR count). The number of hydrogen-bond acceptors (Lipinski definition) is 4. The van der Waals surface area contributed by atoms with Crippen LogP contribution in [0.3, 0.4) is 0 Å². The van der Waals surface area contributed by atoms with Crippen LogP contribution in [0.2, 0.25) is 0 Å². The minimum Gasteiger partial charge on any atom is -0.493 e. The first kappa shape index (κ1) is 17.0. The van der Waals surface area contributed by atoms with Crippen LogP contribution in [0.4, 0.5) is 0 Å². The van der Waals surface area contributed by atoms with Crippen molar-refractivity contribution < 1.29 is 19.4 Å². The molecule has 0 aromatic heterocycles. The van der Waals surface area contributed by atoms with Crippen molar-refractivity contribution in [1.82, 2.24) is 0 Å². The van der Waals surface area contributed by atoms with Gasteiger partial charge in [0.15, 0.2) is 11.5 Å². The number of ether oxygens (including phenoxy) is 1. The maximum atomic E-state index is 13.7. The zero-order valence-corrected chi connectivity index (χ0v) is 15.8. The molecule has 25 heavy (non-hydrogen) atoms. The lowest BCUT2D eigenvalue weighted by Gasteiger charge is -2.73. The van der Waals surface area contributed by atoms with E-state index in [4.69, 9.17) is 4.74 Å². The molecule has 1 N–H and O–H groups in total. The first-order valence-corrected chi connectivity index (χ1v) is 9.36. The summed E-state index contributed by atoms with van der Waals surface area (Å²) in [6, 6.07) is 0. The van der Waals surface area contributed by atoms with Gasteiger partial charge in [0.25, 0.3) is 0 Å². The van der Waals surface area contributed by atoms with Crippen molar-refractivity contribution in [2.75, 3.05) is 7.11 Å². The lowest BCUT2D eigenvalue weighted by Crippen LogP contribution is -2.79. The highest BCUT2D eigenvalue weighted by molar-refractivity contribution is 6.18. The Morgan fingerprint density at radius 2 is 1.84 bits per heavy atom. The number of ketones is 2. The molecule has 4 aliphatic carbocycles. The Hall–Kier alpha value is -1.42. The topological polar surface area (TPSA) is 63.6 Å². The van der Waals surface area contributed by atoms with Crippen molar-refractivity contribution in [2.24, 2.45) is 40.4 Å². The minimum atomic E-state index is -0.792. The molecule has 4 nitrogen and oxygen atoms in total. The SMILES string of the molecule is C=C(C)[C@H]1[C@H]2C[C@@H](C)[C@H]3[C@@H](O)C[C@H](C)C14C(=O)C(OC)=C(C)C(=O)C324. The molecule has 0 aromatic rings. The highest BCUT2D eigenvalue weighted by atomic mass is 16.5. The van der Waals surface area contributed by atoms with Gasteiger partial charge in [-0.25, -0.2) is 0 Å². The van der Waals surface area contributed by atoms with Crippen molar-refractivity contribution in [2.45, 2.75) is 46.6 Å². The summed E-state index contributed by atoms with van der Waals surface area (Å²) in [6.45, 7) is 12.0. The standard InChI is InChI=1S/C21H28O4/c1-9(2)15-13-7-10(3)16-14(22)8-11(4)20(15)19(24)17(25-6)12(5)18(23)21(13,16)20/h10-11,13-16,22H,1,7-8H2,2-6H3/t10-,11+,13-,14+,15+,16+,20?,21?/m1/s1. The van der Waals surface area contributed by atoms with E-state index in [1.807, 2.05) is 13.8 Å². The van der Waals surface area contributed by atoms with Gasteiger partial charge in [0, 0.05) is 11.5 Å². The summed E-state index contributed by atoms with van der Waals surface area (Å²) in [5.41, 5.74) is -0.141. The van der Waals surface area contributed by atoms with Gasteiger partial charge in [0.05, 0.1) is 24.0 Å². The van der Waals surface area contributed by atoms with Gasteiger partial charge in [-0.3, -0.25) is 9.59 Å². The second-order valence-electron chi connectivity index (χ2n) is 8.93. The van der Waals surface area contributed by atoms with Crippen molar-refractivity contribution in [3.05, 3.63) is 23.5 Å². The van der Waals surface area contributed by atoms with Gasteiger partial charge in [-0.15, -0.1) is 0 Å². The van der Waals surface area contributed by atoms with Crippen LogP contribution in [0.15, 0.2) is 23.5 Å². The third kappa shape index (κ3) is 1.44. The van der Waals surface area contributed by atoms with E-state index in [0.29, 0.717) is 12.0 Å². The molecule has 1 spiro atoms. The molecule has 0 amide bonds. The monoisotopic (exact) mass is 344 g/mol. The van der Waals surface area contributed by atoms with Gasteiger partial charge < -0.3 is 9.84 Å². The highest BCUT2D eigenvalue weighted by Gasteiger charge is 2.87. The van der Waals surface area contributed by atoms with Crippen LogP contribution in [0.25, 0.3) is 0 Å². The number of Topliss-reactive ketones (excluding diaryl/α,β-unsaturated/α-hetero) is 2. The molecule has 8 atom stereocenters. The van der Waals surface area contributed by atoms with Crippen LogP contribution in [0, 0.1) is 40.4 Å². The van der Waals surface area contributed by atoms with Crippen LogP contribution in [-0.4, -0.2) is 29.9 Å². The van der Waals surface area contributed by atoms with Gasteiger partial charge in [0.1, 0.15) is 0 Å². The summed E-state index contributed by atoms with van der Waals surface area (Å²) in [5, 5.41) is 10.9. The molecule has 3 fully saturated rings. The Balaban J connectivity index is 2.08. The zero-order chi connectivity index (χ0) is 18.5. The average Bonchev–Trinajstić information content (AvgIpc) is 2.78. The molecular weight excluding hydrogens is 316 g/mol. The van der Waals surface area contributed by atoms with Crippen molar-refractivity contribution >= 4 is 11.6 Å². The number of aliphatic hydroxyl groups excluding tert-OH is 1. The molecule has 0 heterocycles. The van der Waals surface area contributed by atoms with E-state index in [-0.39, 0.29) is 46.9 Å². The van der Waals surface area contributed by atoms with E-state index in [2.05, 4.69) is 13.5 Å². The summed E-state index contributed by atoms with van der Waals surface area (Å²) >= 11 is 0. The van der Waals surface area contributed by atoms with Gasteiger partial charge in [-0.05, 0) is 50.4 Å². The molecule has 0 aromatic carbocycles. The summed E-state index contributed by atoms with van der Waals surface area (Å²) in [7, 11) is 1.47. The van der Waals surface area contributed by atoms with Gasteiger partial charge in [-0.2, -0.15) is 0 Å². The lowest BCUT2D eigenvalue weighted by atomic mass is 9.27. The van der Waals surface area contributed by atoms with Gasteiger partial charge >= 0.3 is 0 Å². The van der Waals surface area contributed by atoms with E-state index in [0.717, 1.165) is 12.0 Å². The third-order valence-electron chi connectivity index (χ3n) is 8.09. The lowest BCUT2D eigenvalue weighted by molar-refractivity contribution is -0.250. The molecule has 2 unspecified atom stereocenters. The van der Waals surface area contributed by atoms with Crippen molar-refractivity contribution in [3.8, 4) is 0 Å². The number of carbonyl (C=O) groups excluding carboxylic acids is 2. The van der Waals surface area contributed by atoms with Crippen LogP contribution in [0.1, 0.15) is 40.5 Å². The van der Waals surface area contributed by atoms with Crippen LogP contribution in [-0.2, 0) is 14.3 Å². The van der Waals surface area contributed by atoms with E-state index in [1.54, 1.807) is 6.92 Å². The number of rotatable bonds is 2. The summed E-state index contributed by atoms with van der Waals surface area (Å²) in [5.74, 6) is 0.336. The Morgan fingerprint density at radius 1 is 1.20 bits per heavy atom. The fraction of sp³-hybridized carbons (Fsp3) is 0.714. The largest absolute Gasteiger partial charge is 0.493 e. The Bertz CT molecular complexity index is 734. The molecule has 0 radical (unpaired) electrons. The van der Waals surface area contributed by atoms with Crippen molar-refractivity contribution in [1.29, 1.82) is 0 Å². The van der Waals surface area contributed by atoms with Gasteiger partial charge in [-0.1, -0.05) is 26.0 Å². The number of aliphatic hydroxyl groups is 1. The number of allylic oxidation sites excluding steroid dienone is 3. The molecular formula is C21H28O4. The molecule has 0 saturated heterocycles. The minimum absolute atomic E-state index is 0.00264. The molecule has 136 valence electrons. The normalized spacial score (nSPS) is 51.0. The Kier molecular flexibility index (Phi) is 3.30. The number of hydrogen-bond donors (Lipinski definition) is 1. The maximum absolute atomic E-state index is 13.7. The fourth-order valence-electron chi connectivity index (χ4n) is 7.79. The average molecular weight is 344 g/mol. The summed E-state index contributed by atoms with van der Waals surface area (Å²) in [4.78, 5) is 27.4. The Labute approximate surface area is 149 Å². The molecule has 3 saturated carbocycles. The second-order valence-corrected chi connectivity index (χ2v) is 8.93. The smallest absolute Gasteiger partial charge is 0.205 e. The zero-order valence-electron chi connectivity index (χ0n) is 15.8. The van der Waals surface area contributed by atoms with E-state index < -0.39 is 16.9 Å². The quantitative estimate of drug-likeness (QED) is 0.783. The molecule has 0 aliphatic heterocycles. The summed E-state index contributed by atoms with van der Waals surface area (Å²) in [6.07, 6.45) is 0.910. The number of carbonyl (C=O) groups is 2. The van der Waals surface area contributed by atoms with Gasteiger partial charge in [0.2, 0.25) is 5.78 Å².